The first kappa shape index (κ1) is 15.3. The number of morpholine rings is 1. The molecule has 20 heavy (non-hydrogen) atoms. The summed E-state index contributed by atoms with van der Waals surface area (Å²) < 4.78 is 5.99. The minimum atomic E-state index is 0.226. The number of rotatable bonds is 4. The molecular formula is C17H28N2O. The first-order valence-corrected chi connectivity index (χ1v) is 7.76. The lowest BCUT2D eigenvalue weighted by Gasteiger charge is -2.41. The molecule has 3 heteroatoms. The molecule has 3 nitrogen and oxygen atoms in total. The number of ether oxygens (including phenoxy) is 1. The van der Waals surface area contributed by atoms with Crippen molar-refractivity contribution in [3.63, 3.8) is 0 Å². The van der Waals surface area contributed by atoms with Crippen LogP contribution in [-0.4, -0.2) is 30.8 Å². The van der Waals surface area contributed by atoms with Crippen LogP contribution >= 0.6 is 0 Å². The molecule has 1 aromatic rings. The zero-order valence-electron chi connectivity index (χ0n) is 13.5. The van der Waals surface area contributed by atoms with Crippen molar-refractivity contribution in [3.8, 4) is 0 Å². The molecule has 0 saturated carbocycles. The SMILES string of the molecule is CCC(C)(C)[C@H]1CN(c2ccc(C(C)C)nc2)CCO1. The molecule has 1 atom stereocenters. The smallest absolute Gasteiger partial charge is 0.0801 e. The van der Waals surface area contributed by atoms with Crippen LogP contribution < -0.4 is 4.90 Å². The van der Waals surface area contributed by atoms with E-state index in [2.05, 4.69) is 56.6 Å². The Balaban J connectivity index is 2.09. The summed E-state index contributed by atoms with van der Waals surface area (Å²) in [6.07, 6.45) is 3.44. The van der Waals surface area contributed by atoms with Gasteiger partial charge in [-0.25, -0.2) is 0 Å². The topological polar surface area (TPSA) is 25.4 Å². The van der Waals surface area contributed by atoms with E-state index in [0.717, 1.165) is 31.8 Å². The second kappa shape index (κ2) is 6.13. The number of pyridine rings is 1. The van der Waals surface area contributed by atoms with Crippen LogP contribution in [0.4, 0.5) is 5.69 Å². The van der Waals surface area contributed by atoms with E-state index in [1.54, 1.807) is 0 Å². The maximum Gasteiger partial charge on any atom is 0.0801 e. The van der Waals surface area contributed by atoms with Crippen molar-refractivity contribution in [2.24, 2.45) is 5.41 Å². The van der Waals surface area contributed by atoms with Crippen LogP contribution in [0.15, 0.2) is 18.3 Å². The van der Waals surface area contributed by atoms with Crippen LogP contribution in [0.2, 0.25) is 0 Å². The van der Waals surface area contributed by atoms with E-state index < -0.39 is 0 Å². The molecule has 0 spiro atoms. The first-order valence-electron chi connectivity index (χ1n) is 7.76. The fourth-order valence-electron chi connectivity index (χ4n) is 2.51. The molecule has 1 aliphatic heterocycles. The molecule has 0 aromatic carbocycles. The highest BCUT2D eigenvalue weighted by atomic mass is 16.5. The van der Waals surface area contributed by atoms with Gasteiger partial charge in [0.05, 0.1) is 24.6 Å². The van der Waals surface area contributed by atoms with Crippen molar-refractivity contribution in [2.45, 2.75) is 53.1 Å². The fourth-order valence-corrected chi connectivity index (χ4v) is 2.51. The van der Waals surface area contributed by atoms with E-state index in [9.17, 15) is 0 Å². The Kier molecular flexibility index (Phi) is 4.69. The molecule has 1 aromatic heterocycles. The molecule has 0 amide bonds. The molecule has 1 saturated heterocycles. The van der Waals surface area contributed by atoms with Gasteiger partial charge in [-0.3, -0.25) is 4.98 Å². The highest BCUT2D eigenvalue weighted by molar-refractivity contribution is 5.45. The van der Waals surface area contributed by atoms with Crippen molar-refractivity contribution >= 4 is 5.69 Å². The number of nitrogens with zero attached hydrogens (tertiary/aromatic N) is 2. The summed E-state index contributed by atoms with van der Waals surface area (Å²) >= 11 is 0. The number of hydrogen-bond donors (Lipinski definition) is 0. The Bertz CT molecular complexity index is 425. The Morgan fingerprint density at radius 1 is 1.40 bits per heavy atom. The minimum absolute atomic E-state index is 0.226. The fraction of sp³-hybridized carbons (Fsp3) is 0.706. The van der Waals surface area contributed by atoms with Crippen molar-refractivity contribution in [1.29, 1.82) is 0 Å². The Morgan fingerprint density at radius 2 is 2.15 bits per heavy atom. The van der Waals surface area contributed by atoms with Crippen LogP contribution in [0.3, 0.4) is 0 Å². The van der Waals surface area contributed by atoms with E-state index in [1.807, 2.05) is 6.20 Å². The van der Waals surface area contributed by atoms with Crippen molar-refractivity contribution in [1.82, 2.24) is 4.98 Å². The lowest BCUT2D eigenvalue weighted by Crippen LogP contribution is -2.48. The summed E-state index contributed by atoms with van der Waals surface area (Å²) in [6.45, 7) is 13.9. The predicted molar refractivity (Wildman–Crippen MR) is 84.4 cm³/mol. The largest absolute Gasteiger partial charge is 0.374 e. The predicted octanol–water partition coefficient (Wildman–Crippen LogP) is 3.85. The van der Waals surface area contributed by atoms with Crippen LogP contribution in [0.5, 0.6) is 0 Å². The number of hydrogen-bond acceptors (Lipinski definition) is 3. The average Bonchev–Trinajstić information content (AvgIpc) is 2.47. The summed E-state index contributed by atoms with van der Waals surface area (Å²) in [7, 11) is 0. The summed E-state index contributed by atoms with van der Waals surface area (Å²) in [5.74, 6) is 0.487. The molecule has 112 valence electrons. The van der Waals surface area contributed by atoms with Gasteiger partial charge < -0.3 is 9.64 Å². The van der Waals surface area contributed by atoms with Gasteiger partial charge in [0, 0.05) is 18.8 Å². The maximum atomic E-state index is 5.99. The van der Waals surface area contributed by atoms with Crippen molar-refractivity contribution in [3.05, 3.63) is 24.0 Å². The molecule has 0 aliphatic carbocycles. The van der Waals surface area contributed by atoms with E-state index >= 15 is 0 Å². The van der Waals surface area contributed by atoms with Gasteiger partial charge in [-0.05, 0) is 29.9 Å². The van der Waals surface area contributed by atoms with Crippen LogP contribution in [0, 0.1) is 5.41 Å². The van der Waals surface area contributed by atoms with Gasteiger partial charge in [-0.1, -0.05) is 34.6 Å². The lowest BCUT2D eigenvalue weighted by molar-refractivity contribution is -0.0357. The molecule has 0 unspecified atom stereocenters. The normalized spacial score (nSPS) is 20.5. The van der Waals surface area contributed by atoms with Crippen LogP contribution in [0.1, 0.15) is 52.7 Å². The van der Waals surface area contributed by atoms with Gasteiger partial charge in [0.2, 0.25) is 0 Å². The summed E-state index contributed by atoms with van der Waals surface area (Å²) in [6, 6.07) is 4.35. The maximum absolute atomic E-state index is 5.99. The molecule has 1 aliphatic rings. The summed E-state index contributed by atoms with van der Waals surface area (Å²) in [4.78, 5) is 6.98. The second-order valence-electron chi connectivity index (χ2n) is 6.74. The standard InChI is InChI=1S/C17H28N2O/c1-6-17(4,5)16-12-19(9-10-20-16)14-7-8-15(13(2)3)18-11-14/h7-8,11,13,16H,6,9-10,12H2,1-5H3/t16-/m1/s1. The van der Waals surface area contributed by atoms with Crippen molar-refractivity contribution in [2.75, 3.05) is 24.6 Å². The third kappa shape index (κ3) is 3.32. The summed E-state index contributed by atoms with van der Waals surface area (Å²) in [5.41, 5.74) is 2.60. The van der Waals surface area contributed by atoms with Crippen LogP contribution in [0.25, 0.3) is 0 Å². The third-order valence-corrected chi connectivity index (χ3v) is 4.58. The molecule has 2 heterocycles. The zero-order valence-corrected chi connectivity index (χ0v) is 13.5. The second-order valence-corrected chi connectivity index (χ2v) is 6.74. The Hall–Kier alpha value is -1.09. The van der Waals surface area contributed by atoms with Crippen molar-refractivity contribution < 1.29 is 4.74 Å². The Labute approximate surface area is 123 Å². The zero-order chi connectivity index (χ0) is 14.8. The highest BCUT2D eigenvalue weighted by Crippen LogP contribution is 2.31. The van der Waals surface area contributed by atoms with Gasteiger partial charge in [0.1, 0.15) is 0 Å². The van der Waals surface area contributed by atoms with Gasteiger partial charge >= 0.3 is 0 Å². The molecular weight excluding hydrogens is 248 g/mol. The molecule has 0 bridgehead atoms. The monoisotopic (exact) mass is 276 g/mol. The van der Waals surface area contributed by atoms with Gasteiger partial charge in [-0.15, -0.1) is 0 Å². The van der Waals surface area contributed by atoms with Crippen LogP contribution in [-0.2, 0) is 4.74 Å². The van der Waals surface area contributed by atoms with Gasteiger partial charge in [0.25, 0.3) is 0 Å². The molecule has 0 radical (unpaired) electrons. The summed E-state index contributed by atoms with van der Waals surface area (Å²) in [5, 5.41) is 0. The molecule has 0 N–H and O–H groups in total. The number of aromatic nitrogens is 1. The lowest BCUT2D eigenvalue weighted by atomic mass is 9.83. The highest BCUT2D eigenvalue weighted by Gasteiger charge is 2.33. The third-order valence-electron chi connectivity index (χ3n) is 4.58. The average molecular weight is 276 g/mol. The van der Waals surface area contributed by atoms with E-state index in [1.165, 1.54) is 5.69 Å². The first-order chi connectivity index (χ1) is 9.44. The molecule has 2 rings (SSSR count). The van der Waals surface area contributed by atoms with E-state index in [-0.39, 0.29) is 5.41 Å². The Morgan fingerprint density at radius 3 is 2.70 bits per heavy atom. The van der Waals surface area contributed by atoms with Gasteiger partial charge in [-0.2, -0.15) is 0 Å². The molecule has 1 fully saturated rings. The number of anilines is 1. The van der Waals surface area contributed by atoms with E-state index in [0.29, 0.717) is 12.0 Å². The minimum Gasteiger partial charge on any atom is -0.374 e. The van der Waals surface area contributed by atoms with Gasteiger partial charge in [0.15, 0.2) is 0 Å². The van der Waals surface area contributed by atoms with E-state index in [4.69, 9.17) is 4.74 Å². The quantitative estimate of drug-likeness (QED) is 0.835.